The summed E-state index contributed by atoms with van der Waals surface area (Å²) in [5.41, 5.74) is 16.4. The van der Waals surface area contributed by atoms with Crippen molar-refractivity contribution in [1.29, 1.82) is 0 Å². The normalized spacial score (nSPS) is 14.3. The predicted molar refractivity (Wildman–Crippen MR) is 196 cm³/mol. The van der Waals surface area contributed by atoms with Crippen LogP contribution >= 0.6 is 0 Å². The van der Waals surface area contributed by atoms with Crippen LogP contribution in [-0.4, -0.2) is 0 Å². The summed E-state index contributed by atoms with van der Waals surface area (Å²) >= 11 is 0. The van der Waals surface area contributed by atoms with Crippen molar-refractivity contribution in [1.82, 2.24) is 0 Å². The van der Waals surface area contributed by atoms with Gasteiger partial charge in [0.1, 0.15) is 0 Å². The first-order valence-electron chi connectivity index (χ1n) is 16.3. The number of fused-ring (bicyclic) bond motifs is 3. The average Bonchev–Trinajstić information content (AvgIpc) is 3.35. The molecule has 6 aromatic rings. The maximum absolute atomic E-state index is 2.44. The summed E-state index contributed by atoms with van der Waals surface area (Å²) in [6, 6.07) is 53.2. The van der Waals surface area contributed by atoms with Gasteiger partial charge in [-0.1, -0.05) is 135 Å². The topological polar surface area (TPSA) is 3.24 Å². The maximum Gasteiger partial charge on any atom is 0.0468 e. The SMILES string of the molecule is CC1(C)c2ccccc2-c2ccc(-c3ccc(N(c4ccccc4)c4ccc(-c5ccccc5)cc4)cc3C3=CCCC=C3)cc21. The number of rotatable bonds is 6. The van der Waals surface area contributed by atoms with Crippen LogP contribution in [0.2, 0.25) is 0 Å². The highest BCUT2D eigenvalue weighted by Gasteiger charge is 2.35. The minimum atomic E-state index is -0.0396. The van der Waals surface area contributed by atoms with Gasteiger partial charge in [-0.25, -0.2) is 0 Å². The molecule has 2 aliphatic rings. The van der Waals surface area contributed by atoms with Crippen LogP contribution in [0.1, 0.15) is 43.4 Å². The summed E-state index contributed by atoms with van der Waals surface area (Å²) in [6.45, 7) is 4.72. The molecule has 0 aliphatic heterocycles. The van der Waals surface area contributed by atoms with Gasteiger partial charge in [0.15, 0.2) is 0 Å². The molecular formula is C45H37N. The number of benzene rings is 6. The molecule has 0 atom stereocenters. The second kappa shape index (κ2) is 11.5. The van der Waals surface area contributed by atoms with Crippen LogP contribution in [0.25, 0.3) is 39.0 Å². The first-order chi connectivity index (χ1) is 22.6. The molecule has 0 saturated carbocycles. The van der Waals surface area contributed by atoms with Crippen molar-refractivity contribution in [3.05, 3.63) is 181 Å². The number of hydrogen-bond acceptors (Lipinski definition) is 1. The fourth-order valence-corrected chi connectivity index (χ4v) is 7.30. The molecule has 2 aliphatic carbocycles. The third-order valence-corrected chi connectivity index (χ3v) is 9.71. The number of nitrogens with zero attached hydrogens (tertiary/aromatic N) is 1. The van der Waals surface area contributed by atoms with Crippen molar-refractivity contribution >= 4 is 22.6 Å². The molecule has 0 radical (unpaired) electrons. The van der Waals surface area contributed by atoms with Crippen LogP contribution in [-0.2, 0) is 5.41 Å². The van der Waals surface area contributed by atoms with E-state index in [1.54, 1.807) is 0 Å². The van der Waals surface area contributed by atoms with Crippen LogP contribution in [0.3, 0.4) is 0 Å². The molecule has 0 amide bonds. The van der Waals surface area contributed by atoms with Crippen molar-refractivity contribution in [2.24, 2.45) is 0 Å². The standard InChI is InChI=1S/C45H37N/c1-45(2)43-21-13-12-20-40(43)41-28-24-35(30-44(41)45)39-29-27-38(31-42(39)34-16-8-4-9-17-34)46(36-18-10-5-11-19-36)37-25-22-33(23-26-37)32-14-6-3-7-15-32/h3,5-8,10-31H,4,9H2,1-2H3. The molecule has 0 unspecified atom stereocenters. The van der Waals surface area contributed by atoms with E-state index in [1.165, 1.54) is 55.6 Å². The van der Waals surface area contributed by atoms with E-state index in [2.05, 4.69) is 183 Å². The molecule has 46 heavy (non-hydrogen) atoms. The van der Waals surface area contributed by atoms with Gasteiger partial charge in [0.2, 0.25) is 0 Å². The van der Waals surface area contributed by atoms with Crippen LogP contribution in [0.4, 0.5) is 17.1 Å². The molecule has 8 rings (SSSR count). The Bertz CT molecular complexity index is 2100. The van der Waals surface area contributed by atoms with E-state index < -0.39 is 0 Å². The van der Waals surface area contributed by atoms with E-state index in [0.717, 1.165) is 29.9 Å². The predicted octanol–water partition coefficient (Wildman–Crippen LogP) is 12.5. The van der Waals surface area contributed by atoms with Crippen molar-refractivity contribution in [2.75, 3.05) is 4.90 Å². The zero-order chi connectivity index (χ0) is 31.1. The molecule has 0 spiro atoms. The molecule has 1 nitrogen and oxygen atoms in total. The minimum Gasteiger partial charge on any atom is -0.310 e. The van der Waals surface area contributed by atoms with Crippen LogP contribution < -0.4 is 4.90 Å². The Balaban J connectivity index is 1.26. The largest absolute Gasteiger partial charge is 0.310 e. The van der Waals surface area contributed by atoms with Crippen LogP contribution in [0.5, 0.6) is 0 Å². The fourth-order valence-electron chi connectivity index (χ4n) is 7.30. The summed E-state index contributed by atoms with van der Waals surface area (Å²) in [5, 5.41) is 0. The maximum atomic E-state index is 2.44. The van der Waals surface area contributed by atoms with Gasteiger partial charge in [-0.2, -0.15) is 0 Å². The highest BCUT2D eigenvalue weighted by atomic mass is 15.1. The van der Waals surface area contributed by atoms with Crippen LogP contribution in [0.15, 0.2) is 164 Å². The Morgan fingerprint density at radius 3 is 1.83 bits per heavy atom. The molecule has 0 N–H and O–H groups in total. The average molecular weight is 592 g/mol. The molecule has 0 fully saturated rings. The molecule has 0 aromatic heterocycles. The fraction of sp³-hybridized carbons (Fsp3) is 0.111. The van der Waals surface area contributed by atoms with E-state index in [9.17, 15) is 0 Å². The van der Waals surface area contributed by atoms with Crippen molar-refractivity contribution < 1.29 is 0 Å². The zero-order valence-electron chi connectivity index (χ0n) is 26.4. The van der Waals surface area contributed by atoms with Crippen molar-refractivity contribution in [2.45, 2.75) is 32.1 Å². The molecule has 0 bridgehead atoms. The third-order valence-electron chi connectivity index (χ3n) is 9.71. The van der Waals surface area contributed by atoms with Gasteiger partial charge in [-0.15, -0.1) is 0 Å². The molecular weight excluding hydrogens is 555 g/mol. The van der Waals surface area contributed by atoms with Gasteiger partial charge in [0.05, 0.1) is 0 Å². The first-order valence-corrected chi connectivity index (χ1v) is 16.3. The smallest absolute Gasteiger partial charge is 0.0468 e. The highest BCUT2D eigenvalue weighted by Crippen LogP contribution is 2.50. The summed E-state index contributed by atoms with van der Waals surface area (Å²) in [7, 11) is 0. The van der Waals surface area contributed by atoms with Crippen molar-refractivity contribution in [3.63, 3.8) is 0 Å². The quantitative estimate of drug-likeness (QED) is 0.186. The van der Waals surface area contributed by atoms with Gasteiger partial charge in [0.25, 0.3) is 0 Å². The lowest BCUT2D eigenvalue weighted by Crippen LogP contribution is -2.15. The van der Waals surface area contributed by atoms with Gasteiger partial charge in [-0.3, -0.25) is 0 Å². The van der Waals surface area contributed by atoms with E-state index in [0.29, 0.717) is 0 Å². The van der Waals surface area contributed by atoms with Gasteiger partial charge in [0, 0.05) is 22.5 Å². The lowest BCUT2D eigenvalue weighted by atomic mass is 9.81. The second-order valence-corrected chi connectivity index (χ2v) is 12.9. The van der Waals surface area contributed by atoms with E-state index >= 15 is 0 Å². The number of anilines is 3. The molecule has 0 saturated heterocycles. The summed E-state index contributed by atoms with van der Waals surface area (Å²) in [5.74, 6) is 0. The zero-order valence-corrected chi connectivity index (χ0v) is 26.4. The number of para-hydroxylation sites is 1. The third kappa shape index (κ3) is 4.89. The van der Waals surface area contributed by atoms with E-state index in [1.807, 2.05) is 0 Å². The molecule has 1 heteroatoms. The van der Waals surface area contributed by atoms with E-state index in [4.69, 9.17) is 0 Å². The first kappa shape index (κ1) is 28.1. The van der Waals surface area contributed by atoms with E-state index in [-0.39, 0.29) is 5.41 Å². The van der Waals surface area contributed by atoms with Gasteiger partial charge >= 0.3 is 0 Å². The molecule has 6 aromatic carbocycles. The number of hydrogen-bond donors (Lipinski definition) is 0. The summed E-state index contributed by atoms with van der Waals surface area (Å²) < 4.78 is 0. The lowest BCUT2D eigenvalue weighted by molar-refractivity contribution is 0.660. The van der Waals surface area contributed by atoms with Gasteiger partial charge in [-0.05, 0) is 111 Å². The Kier molecular flexibility index (Phi) is 7.03. The Morgan fingerprint density at radius 1 is 0.457 bits per heavy atom. The molecule has 0 heterocycles. The van der Waals surface area contributed by atoms with Crippen LogP contribution in [0, 0.1) is 0 Å². The summed E-state index contributed by atoms with van der Waals surface area (Å²) in [6.07, 6.45) is 9.17. The Morgan fingerprint density at radius 2 is 1.07 bits per heavy atom. The van der Waals surface area contributed by atoms with Gasteiger partial charge < -0.3 is 4.90 Å². The monoisotopic (exact) mass is 591 g/mol. The highest BCUT2D eigenvalue weighted by molar-refractivity contribution is 5.92. The Hall–Kier alpha value is -5.40. The summed E-state index contributed by atoms with van der Waals surface area (Å²) in [4.78, 5) is 2.37. The second-order valence-electron chi connectivity index (χ2n) is 12.9. The van der Waals surface area contributed by atoms with Crippen molar-refractivity contribution in [3.8, 4) is 33.4 Å². The molecule has 222 valence electrons. The number of allylic oxidation sites excluding steroid dienone is 4. The Labute approximate surface area is 272 Å². The minimum absolute atomic E-state index is 0.0396. The lowest BCUT2D eigenvalue weighted by Gasteiger charge is -2.27.